The Kier molecular flexibility index (Phi) is 3.78. The molecule has 0 N–H and O–H groups in total. The molecule has 0 fully saturated rings. The zero-order chi connectivity index (χ0) is 11.5. The van der Waals surface area contributed by atoms with Crippen LogP contribution >= 0.6 is 0 Å². The molecule has 0 amide bonds. The van der Waals surface area contributed by atoms with Crippen LogP contribution in [0, 0.1) is 5.41 Å². The third kappa shape index (κ3) is 3.94. The van der Waals surface area contributed by atoms with E-state index in [2.05, 4.69) is 39.8 Å². The van der Waals surface area contributed by atoms with Crippen molar-refractivity contribution in [3.8, 4) is 5.75 Å². The van der Waals surface area contributed by atoms with Crippen molar-refractivity contribution in [3.05, 3.63) is 29.8 Å². The Hall–Kier alpha value is -0.980. The maximum Gasteiger partial charge on any atom is 0.118 e. The molecule has 0 radical (unpaired) electrons. The first kappa shape index (κ1) is 12.1. The van der Waals surface area contributed by atoms with E-state index in [1.165, 1.54) is 12.0 Å². The summed E-state index contributed by atoms with van der Waals surface area (Å²) in [6.07, 6.45) is 1.21. The summed E-state index contributed by atoms with van der Waals surface area (Å²) in [6.45, 7) is 9.14. The minimum atomic E-state index is 0.388. The molecule has 1 aromatic carbocycles. The molecule has 1 rings (SSSR count). The Bertz CT molecular complexity index is 292. The molecule has 0 spiro atoms. The molecular formula is C14H22O. The molecule has 0 saturated carbocycles. The zero-order valence-electron chi connectivity index (χ0n) is 10.5. The Morgan fingerprint density at radius 2 is 1.67 bits per heavy atom. The SMILES string of the molecule is COc1ccc(C(C)CC(C)(C)C)cc1. The van der Waals surface area contributed by atoms with Crippen LogP contribution < -0.4 is 4.74 Å². The number of ether oxygens (including phenoxy) is 1. The summed E-state index contributed by atoms with van der Waals surface area (Å²) in [5.41, 5.74) is 1.78. The van der Waals surface area contributed by atoms with Gasteiger partial charge in [-0.25, -0.2) is 0 Å². The minimum absolute atomic E-state index is 0.388. The molecule has 0 aliphatic rings. The molecule has 0 saturated heterocycles. The lowest BCUT2D eigenvalue weighted by atomic mass is 9.82. The van der Waals surface area contributed by atoms with Crippen LogP contribution in [-0.2, 0) is 0 Å². The number of rotatable bonds is 3. The summed E-state index contributed by atoms with van der Waals surface area (Å²) < 4.78 is 5.15. The topological polar surface area (TPSA) is 9.23 Å². The third-order valence-electron chi connectivity index (χ3n) is 2.60. The van der Waals surface area contributed by atoms with Crippen molar-refractivity contribution in [2.24, 2.45) is 5.41 Å². The Labute approximate surface area is 93.5 Å². The van der Waals surface area contributed by atoms with E-state index >= 15 is 0 Å². The summed E-state index contributed by atoms with van der Waals surface area (Å²) >= 11 is 0. The smallest absolute Gasteiger partial charge is 0.118 e. The van der Waals surface area contributed by atoms with Gasteiger partial charge in [-0.2, -0.15) is 0 Å². The van der Waals surface area contributed by atoms with Gasteiger partial charge in [0.2, 0.25) is 0 Å². The van der Waals surface area contributed by atoms with Crippen molar-refractivity contribution in [3.63, 3.8) is 0 Å². The molecule has 0 aliphatic heterocycles. The summed E-state index contributed by atoms with van der Waals surface area (Å²) in [7, 11) is 1.70. The summed E-state index contributed by atoms with van der Waals surface area (Å²) in [5.74, 6) is 1.54. The monoisotopic (exact) mass is 206 g/mol. The van der Waals surface area contributed by atoms with Crippen LogP contribution in [0.3, 0.4) is 0 Å². The molecule has 15 heavy (non-hydrogen) atoms. The Morgan fingerprint density at radius 3 is 2.07 bits per heavy atom. The number of hydrogen-bond acceptors (Lipinski definition) is 1. The average molecular weight is 206 g/mol. The van der Waals surface area contributed by atoms with E-state index in [0.717, 1.165) is 5.75 Å². The van der Waals surface area contributed by atoms with Gasteiger partial charge in [0.25, 0.3) is 0 Å². The molecular weight excluding hydrogens is 184 g/mol. The fourth-order valence-electron chi connectivity index (χ4n) is 1.97. The van der Waals surface area contributed by atoms with Gasteiger partial charge in [0.15, 0.2) is 0 Å². The van der Waals surface area contributed by atoms with Crippen LogP contribution in [0.1, 0.15) is 45.6 Å². The van der Waals surface area contributed by atoms with Crippen LogP contribution in [0.5, 0.6) is 5.75 Å². The summed E-state index contributed by atoms with van der Waals surface area (Å²) in [6, 6.07) is 8.40. The second kappa shape index (κ2) is 4.69. The predicted octanol–water partition coefficient (Wildman–Crippen LogP) is 4.23. The molecule has 1 atom stereocenters. The molecule has 84 valence electrons. The van der Waals surface area contributed by atoms with Gasteiger partial charge in [0.05, 0.1) is 7.11 Å². The Balaban J connectivity index is 2.70. The van der Waals surface area contributed by atoms with Crippen LogP contribution in [0.4, 0.5) is 0 Å². The Morgan fingerprint density at radius 1 is 1.13 bits per heavy atom. The summed E-state index contributed by atoms with van der Waals surface area (Å²) in [5, 5.41) is 0. The summed E-state index contributed by atoms with van der Waals surface area (Å²) in [4.78, 5) is 0. The third-order valence-corrected chi connectivity index (χ3v) is 2.60. The van der Waals surface area contributed by atoms with Crippen LogP contribution in [0.25, 0.3) is 0 Å². The second-order valence-electron chi connectivity index (χ2n) is 5.44. The molecule has 1 unspecified atom stereocenters. The highest BCUT2D eigenvalue weighted by Gasteiger charge is 2.16. The molecule has 1 nitrogen and oxygen atoms in total. The van der Waals surface area contributed by atoms with Crippen molar-refractivity contribution in [1.82, 2.24) is 0 Å². The van der Waals surface area contributed by atoms with Crippen molar-refractivity contribution in [2.75, 3.05) is 7.11 Å². The van der Waals surface area contributed by atoms with Crippen LogP contribution in [0.2, 0.25) is 0 Å². The van der Waals surface area contributed by atoms with Gasteiger partial charge in [-0.3, -0.25) is 0 Å². The van der Waals surface area contributed by atoms with E-state index in [4.69, 9.17) is 4.74 Å². The lowest BCUT2D eigenvalue weighted by molar-refractivity contribution is 0.348. The zero-order valence-corrected chi connectivity index (χ0v) is 10.5. The van der Waals surface area contributed by atoms with Crippen molar-refractivity contribution < 1.29 is 4.74 Å². The number of benzene rings is 1. The van der Waals surface area contributed by atoms with E-state index in [1.54, 1.807) is 7.11 Å². The number of hydrogen-bond donors (Lipinski definition) is 0. The van der Waals surface area contributed by atoms with E-state index in [1.807, 2.05) is 12.1 Å². The molecule has 1 aromatic rings. The first-order chi connectivity index (χ1) is 6.92. The first-order valence-electron chi connectivity index (χ1n) is 5.56. The molecule has 0 heterocycles. The highest BCUT2D eigenvalue weighted by Crippen LogP contribution is 2.31. The highest BCUT2D eigenvalue weighted by atomic mass is 16.5. The van der Waals surface area contributed by atoms with Gasteiger partial charge in [-0.1, -0.05) is 39.8 Å². The maximum absolute atomic E-state index is 5.15. The fourth-order valence-corrected chi connectivity index (χ4v) is 1.97. The largest absolute Gasteiger partial charge is 0.497 e. The van der Waals surface area contributed by atoms with Crippen LogP contribution in [-0.4, -0.2) is 7.11 Å². The molecule has 0 aromatic heterocycles. The van der Waals surface area contributed by atoms with Crippen molar-refractivity contribution in [2.45, 2.75) is 40.0 Å². The average Bonchev–Trinajstić information content (AvgIpc) is 2.15. The normalized spacial score (nSPS) is 13.7. The van der Waals surface area contributed by atoms with Crippen LogP contribution in [0.15, 0.2) is 24.3 Å². The van der Waals surface area contributed by atoms with Gasteiger partial charge >= 0.3 is 0 Å². The van der Waals surface area contributed by atoms with Crippen molar-refractivity contribution >= 4 is 0 Å². The standard InChI is InChI=1S/C14H22O/c1-11(10-14(2,3)4)12-6-8-13(15-5)9-7-12/h6-9,11H,10H2,1-5H3. The van der Waals surface area contributed by atoms with E-state index in [0.29, 0.717) is 11.3 Å². The van der Waals surface area contributed by atoms with Gasteiger partial charge in [0, 0.05) is 0 Å². The quantitative estimate of drug-likeness (QED) is 0.719. The predicted molar refractivity (Wildman–Crippen MR) is 65.5 cm³/mol. The van der Waals surface area contributed by atoms with Gasteiger partial charge < -0.3 is 4.74 Å². The highest BCUT2D eigenvalue weighted by molar-refractivity contribution is 5.29. The molecule has 0 bridgehead atoms. The maximum atomic E-state index is 5.15. The van der Waals surface area contributed by atoms with Gasteiger partial charge in [0.1, 0.15) is 5.75 Å². The van der Waals surface area contributed by atoms with Crippen molar-refractivity contribution in [1.29, 1.82) is 0 Å². The second-order valence-corrected chi connectivity index (χ2v) is 5.44. The van der Waals surface area contributed by atoms with Gasteiger partial charge in [-0.15, -0.1) is 0 Å². The minimum Gasteiger partial charge on any atom is -0.497 e. The molecule has 0 aliphatic carbocycles. The first-order valence-corrected chi connectivity index (χ1v) is 5.56. The molecule has 1 heteroatoms. The van der Waals surface area contributed by atoms with Gasteiger partial charge in [-0.05, 0) is 35.4 Å². The van der Waals surface area contributed by atoms with E-state index < -0.39 is 0 Å². The van der Waals surface area contributed by atoms with E-state index in [9.17, 15) is 0 Å². The van der Waals surface area contributed by atoms with E-state index in [-0.39, 0.29) is 0 Å². The lowest BCUT2D eigenvalue weighted by Crippen LogP contribution is -2.09. The fraction of sp³-hybridized carbons (Fsp3) is 0.571. The lowest BCUT2D eigenvalue weighted by Gasteiger charge is -2.23. The number of methoxy groups -OCH3 is 1.